The number of nitrogens with zero attached hydrogens (tertiary/aromatic N) is 3. The number of nitrogens with one attached hydrogen (secondary N) is 1. The van der Waals surface area contributed by atoms with Crippen molar-refractivity contribution in [2.24, 2.45) is 0 Å². The first-order chi connectivity index (χ1) is 4.86. The Bertz CT molecular complexity index is 322. The number of hydrogen-bond donors (Lipinski definition) is 1. The molecule has 0 unspecified atom stereocenters. The molecule has 2 heterocycles. The molecule has 0 atom stereocenters. The molecule has 50 valence electrons. The summed E-state index contributed by atoms with van der Waals surface area (Å²) in [5.74, 6) is 0. The second-order valence-corrected chi connectivity index (χ2v) is 1.79. The summed E-state index contributed by atoms with van der Waals surface area (Å²) in [6.07, 6.45) is 2.16. The van der Waals surface area contributed by atoms with E-state index in [9.17, 15) is 4.39 Å². The number of imidazole rings is 1. The molecule has 0 aliphatic heterocycles. The Balaban J connectivity index is 2.88. The monoisotopic (exact) mass is 138 g/mol. The van der Waals surface area contributed by atoms with Gasteiger partial charge in [-0.3, -0.25) is 0 Å². The molecule has 0 radical (unpaired) electrons. The minimum Gasteiger partial charge on any atom is -0.311 e. The van der Waals surface area contributed by atoms with E-state index in [0.717, 1.165) is 0 Å². The molecule has 0 bridgehead atoms. The molecule has 0 spiro atoms. The summed E-state index contributed by atoms with van der Waals surface area (Å²) in [6.45, 7) is 0. The van der Waals surface area contributed by atoms with Crippen LogP contribution in [0.25, 0.3) is 11.2 Å². The number of hydrogen-bond acceptors (Lipinski definition) is 3. The normalized spacial score (nSPS) is 10.5. The van der Waals surface area contributed by atoms with Crippen LogP contribution in [-0.4, -0.2) is 19.9 Å². The highest BCUT2D eigenvalue weighted by Crippen LogP contribution is 2.03. The van der Waals surface area contributed by atoms with Crippen molar-refractivity contribution >= 4 is 11.2 Å². The zero-order chi connectivity index (χ0) is 6.97. The van der Waals surface area contributed by atoms with Crippen LogP contribution < -0.4 is 0 Å². The third-order valence-electron chi connectivity index (χ3n) is 1.13. The van der Waals surface area contributed by atoms with Crippen LogP contribution >= 0.6 is 0 Å². The lowest BCUT2D eigenvalue weighted by molar-refractivity contribution is 0.556. The van der Waals surface area contributed by atoms with Gasteiger partial charge in [0.05, 0.1) is 6.20 Å². The smallest absolute Gasteiger partial charge is 0.289 e. The molecule has 1 N–H and O–H groups in total. The molecule has 0 aromatic carbocycles. The van der Waals surface area contributed by atoms with E-state index in [2.05, 4.69) is 19.9 Å². The molecular weight excluding hydrogens is 135 g/mol. The molecule has 2 aromatic heterocycles. The molecule has 0 saturated carbocycles. The Hall–Kier alpha value is -1.52. The summed E-state index contributed by atoms with van der Waals surface area (Å²) in [5, 5.41) is 0. The zero-order valence-electron chi connectivity index (χ0n) is 4.87. The lowest BCUT2D eigenvalue weighted by Gasteiger charge is -1.79. The first-order valence-electron chi connectivity index (χ1n) is 2.67. The summed E-state index contributed by atoms with van der Waals surface area (Å²) in [5.41, 5.74) is 0.868. The number of aromatic amines is 1. The molecule has 2 aromatic rings. The molecule has 0 saturated heterocycles. The number of H-pyrrole nitrogens is 1. The standard InChI is InChI=1S/C5H3FN4/c6-5-9-3-1-7-2-8-4(3)10-5/h1-2H,(H,7,8,9,10). The van der Waals surface area contributed by atoms with Gasteiger partial charge in [0, 0.05) is 0 Å². The van der Waals surface area contributed by atoms with Crippen molar-refractivity contribution in [2.45, 2.75) is 0 Å². The SMILES string of the molecule is Fc1nc2ncncc2[nH]1. The minimum atomic E-state index is -0.629. The van der Waals surface area contributed by atoms with Crippen molar-refractivity contribution in [2.75, 3.05) is 0 Å². The van der Waals surface area contributed by atoms with Crippen LogP contribution in [0.15, 0.2) is 12.5 Å². The predicted octanol–water partition coefficient (Wildman–Crippen LogP) is 0.492. The second kappa shape index (κ2) is 1.73. The van der Waals surface area contributed by atoms with Gasteiger partial charge in [0.25, 0.3) is 6.08 Å². The van der Waals surface area contributed by atoms with Crippen LogP contribution in [0.1, 0.15) is 0 Å². The fourth-order valence-electron chi connectivity index (χ4n) is 0.732. The van der Waals surface area contributed by atoms with E-state index in [1.54, 1.807) is 0 Å². The van der Waals surface area contributed by atoms with Gasteiger partial charge in [-0.2, -0.15) is 9.37 Å². The van der Waals surface area contributed by atoms with E-state index >= 15 is 0 Å². The van der Waals surface area contributed by atoms with Crippen molar-refractivity contribution in [3.63, 3.8) is 0 Å². The Kier molecular flexibility index (Phi) is 0.913. The summed E-state index contributed by atoms with van der Waals surface area (Å²) in [4.78, 5) is 13.2. The van der Waals surface area contributed by atoms with Gasteiger partial charge in [-0.15, -0.1) is 0 Å². The van der Waals surface area contributed by atoms with Crippen LogP contribution in [0.2, 0.25) is 0 Å². The lowest BCUT2D eigenvalue weighted by atomic mass is 10.6. The third kappa shape index (κ3) is 0.637. The molecule has 10 heavy (non-hydrogen) atoms. The molecule has 4 nitrogen and oxygen atoms in total. The van der Waals surface area contributed by atoms with Crippen LogP contribution in [-0.2, 0) is 0 Å². The first kappa shape index (κ1) is 5.28. The Labute approximate surface area is 55.1 Å². The molecule has 0 fully saturated rings. The van der Waals surface area contributed by atoms with Gasteiger partial charge in [-0.25, -0.2) is 9.97 Å². The van der Waals surface area contributed by atoms with Gasteiger partial charge in [0.15, 0.2) is 5.65 Å². The predicted molar refractivity (Wildman–Crippen MR) is 31.6 cm³/mol. The lowest BCUT2D eigenvalue weighted by Crippen LogP contribution is -1.76. The van der Waals surface area contributed by atoms with Crippen LogP contribution in [0, 0.1) is 6.08 Å². The van der Waals surface area contributed by atoms with Crippen molar-refractivity contribution in [3.05, 3.63) is 18.6 Å². The highest BCUT2D eigenvalue weighted by Gasteiger charge is 1.99. The van der Waals surface area contributed by atoms with Crippen molar-refractivity contribution in [1.82, 2.24) is 19.9 Å². The topological polar surface area (TPSA) is 54.5 Å². The average Bonchev–Trinajstić information content (AvgIpc) is 2.27. The quantitative estimate of drug-likeness (QED) is 0.539. The summed E-state index contributed by atoms with van der Waals surface area (Å²) < 4.78 is 12.3. The van der Waals surface area contributed by atoms with E-state index in [-0.39, 0.29) is 0 Å². The summed E-state index contributed by atoms with van der Waals surface area (Å²) in [6, 6.07) is 0. The Morgan fingerprint density at radius 1 is 1.50 bits per heavy atom. The third-order valence-corrected chi connectivity index (χ3v) is 1.13. The molecule has 2 rings (SSSR count). The maximum absolute atomic E-state index is 12.3. The largest absolute Gasteiger partial charge is 0.311 e. The van der Waals surface area contributed by atoms with Gasteiger partial charge in [-0.1, -0.05) is 0 Å². The fraction of sp³-hybridized carbons (Fsp3) is 0. The second-order valence-electron chi connectivity index (χ2n) is 1.79. The maximum Gasteiger partial charge on any atom is 0.289 e. The highest BCUT2D eigenvalue weighted by molar-refractivity contribution is 5.67. The molecule has 5 heteroatoms. The van der Waals surface area contributed by atoms with E-state index in [1.165, 1.54) is 12.5 Å². The Morgan fingerprint density at radius 3 is 3.20 bits per heavy atom. The molecular formula is C5H3FN4. The zero-order valence-corrected chi connectivity index (χ0v) is 4.87. The van der Waals surface area contributed by atoms with Crippen LogP contribution in [0.4, 0.5) is 4.39 Å². The van der Waals surface area contributed by atoms with Crippen molar-refractivity contribution < 1.29 is 4.39 Å². The maximum atomic E-state index is 12.3. The van der Waals surface area contributed by atoms with Crippen molar-refractivity contribution in [3.8, 4) is 0 Å². The molecule has 0 aliphatic rings. The molecule has 0 aliphatic carbocycles. The number of fused-ring (bicyclic) bond motifs is 1. The van der Waals surface area contributed by atoms with Gasteiger partial charge in [0.2, 0.25) is 0 Å². The number of rotatable bonds is 0. The highest BCUT2D eigenvalue weighted by atomic mass is 19.1. The first-order valence-corrected chi connectivity index (χ1v) is 2.67. The number of halogens is 1. The fourth-order valence-corrected chi connectivity index (χ4v) is 0.732. The van der Waals surface area contributed by atoms with E-state index in [0.29, 0.717) is 11.2 Å². The van der Waals surface area contributed by atoms with Crippen LogP contribution in [0.3, 0.4) is 0 Å². The molecule has 0 amide bonds. The van der Waals surface area contributed by atoms with Gasteiger partial charge >= 0.3 is 0 Å². The summed E-state index contributed by atoms with van der Waals surface area (Å²) in [7, 11) is 0. The summed E-state index contributed by atoms with van der Waals surface area (Å²) >= 11 is 0. The van der Waals surface area contributed by atoms with E-state index in [1.807, 2.05) is 0 Å². The average molecular weight is 138 g/mol. The van der Waals surface area contributed by atoms with E-state index < -0.39 is 6.08 Å². The van der Waals surface area contributed by atoms with Gasteiger partial charge in [0.1, 0.15) is 11.8 Å². The van der Waals surface area contributed by atoms with E-state index in [4.69, 9.17) is 0 Å². The van der Waals surface area contributed by atoms with Crippen LogP contribution in [0.5, 0.6) is 0 Å². The van der Waals surface area contributed by atoms with Gasteiger partial charge in [-0.05, 0) is 0 Å². The Morgan fingerprint density at radius 2 is 2.40 bits per heavy atom. The minimum absolute atomic E-state index is 0.354. The number of aromatic nitrogens is 4. The van der Waals surface area contributed by atoms with Crippen molar-refractivity contribution in [1.29, 1.82) is 0 Å². The van der Waals surface area contributed by atoms with Gasteiger partial charge < -0.3 is 4.98 Å².